The van der Waals surface area contributed by atoms with Crippen molar-refractivity contribution in [2.24, 2.45) is 5.92 Å². The SMILES string of the molecule is C[C@@H]1[C@H](CI)OC(=O)[C@@H]1F. The quantitative estimate of drug-likeness (QED) is 0.403. The highest BCUT2D eigenvalue weighted by Crippen LogP contribution is 2.25. The van der Waals surface area contributed by atoms with E-state index in [2.05, 4.69) is 22.6 Å². The number of carbonyl (C=O) groups is 1. The molecule has 1 aliphatic rings. The predicted molar refractivity (Wildman–Crippen MR) is 42.8 cm³/mol. The van der Waals surface area contributed by atoms with Gasteiger partial charge >= 0.3 is 5.97 Å². The zero-order valence-electron chi connectivity index (χ0n) is 5.51. The second kappa shape index (κ2) is 3.02. The molecule has 0 bridgehead atoms. The highest BCUT2D eigenvalue weighted by atomic mass is 127. The summed E-state index contributed by atoms with van der Waals surface area (Å²) >= 11 is 2.08. The van der Waals surface area contributed by atoms with Gasteiger partial charge in [-0.05, 0) is 0 Å². The van der Waals surface area contributed by atoms with Crippen molar-refractivity contribution in [3.8, 4) is 0 Å². The standard InChI is InChI=1S/C6H8FIO2/c1-3-4(2-8)10-6(9)5(3)7/h3-5H,2H2,1H3/t3-,4+,5-/m1/s1. The van der Waals surface area contributed by atoms with Crippen molar-refractivity contribution >= 4 is 28.6 Å². The van der Waals surface area contributed by atoms with Gasteiger partial charge in [0.25, 0.3) is 0 Å². The summed E-state index contributed by atoms with van der Waals surface area (Å²) in [5.41, 5.74) is 0. The molecule has 0 aromatic carbocycles. The van der Waals surface area contributed by atoms with Crippen LogP contribution in [0.25, 0.3) is 0 Å². The first-order chi connectivity index (χ1) is 4.66. The smallest absolute Gasteiger partial charge is 0.341 e. The molecule has 0 aromatic rings. The van der Waals surface area contributed by atoms with Crippen molar-refractivity contribution in [3.63, 3.8) is 0 Å². The molecule has 0 spiro atoms. The van der Waals surface area contributed by atoms with Gasteiger partial charge in [0.15, 0.2) is 0 Å². The number of hydrogen-bond acceptors (Lipinski definition) is 2. The minimum absolute atomic E-state index is 0.219. The second-order valence-corrected chi connectivity index (χ2v) is 3.27. The molecule has 1 heterocycles. The van der Waals surface area contributed by atoms with Gasteiger partial charge in [-0.1, -0.05) is 29.5 Å². The van der Waals surface area contributed by atoms with E-state index in [-0.39, 0.29) is 12.0 Å². The lowest BCUT2D eigenvalue weighted by atomic mass is 10.0. The summed E-state index contributed by atoms with van der Waals surface area (Å²) < 4.78 is 18.1. The summed E-state index contributed by atoms with van der Waals surface area (Å²) in [4.78, 5) is 10.6. The topological polar surface area (TPSA) is 26.3 Å². The van der Waals surface area contributed by atoms with Crippen molar-refractivity contribution in [1.29, 1.82) is 0 Å². The van der Waals surface area contributed by atoms with Crippen LogP contribution in [0, 0.1) is 5.92 Å². The summed E-state index contributed by atoms with van der Waals surface area (Å²) in [7, 11) is 0. The number of hydrogen-bond donors (Lipinski definition) is 0. The first kappa shape index (κ1) is 8.23. The largest absolute Gasteiger partial charge is 0.459 e. The number of alkyl halides is 2. The molecule has 1 aliphatic heterocycles. The molecule has 0 aliphatic carbocycles. The van der Waals surface area contributed by atoms with E-state index in [9.17, 15) is 9.18 Å². The van der Waals surface area contributed by atoms with Gasteiger partial charge in [0, 0.05) is 10.3 Å². The summed E-state index contributed by atoms with van der Waals surface area (Å²) in [5.74, 6) is -0.974. The molecule has 1 rings (SSSR count). The maximum atomic E-state index is 12.7. The number of esters is 1. The van der Waals surface area contributed by atoms with Crippen LogP contribution in [0.3, 0.4) is 0 Å². The van der Waals surface area contributed by atoms with E-state index in [1.54, 1.807) is 6.92 Å². The van der Waals surface area contributed by atoms with Gasteiger partial charge in [0.05, 0.1) is 0 Å². The third kappa shape index (κ3) is 1.26. The molecule has 10 heavy (non-hydrogen) atoms. The Balaban J connectivity index is 2.61. The van der Waals surface area contributed by atoms with Crippen LogP contribution in [0.5, 0.6) is 0 Å². The van der Waals surface area contributed by atoms with Crippen molar-refractivity contribution in [2.45, 2.75) is 19.2 Å². The Morgan fingerprint density at radius 2 is 2.40 bits per heavy atom. The lowest BCUT2D eigenvalue weighted by Gasteiger charge is -2.08. The monoisotopic (exact) mass is 258 g/mol. The molecule has 0 N–H and O–H groups in total. The number of cyclic esters (lactones) is 1. The fourth-order valence-electron chi connectivity index (χ4n) is 0.897. The van der Waals surface area contributed by atoms with Crippen LogP contribution in [0.15, 0.2) is 0 Å². The number of carbonyl (C=O) groups excluding carboxylic acids is 1. The molecule has 58 valence electrons. The van der Waals surface area contributed by atoms with E-state index in [0.29, 0.717) is 4.43 Å². The minimum atomic E-state index is -1.40. The predicted octanol–water partition coefficient (Wildman–Crippen LogP) is 1.32. The molecular weight excluding hydrogens is 250 g/mol. The van der Waals surface area contributed by atoms with Gasteiger partial charge in [0.1, 0.15) is 6.10 Å². The van der Waals surface area contributed by atoms with Gasteiger partial charge in [-0.25, -0.2) is 9.18 Å². The van der Waals surface area contributed by atoms with E-state index >= 15 is 0 Å². The average Bonchev–Trinajstić information content (AvgIpc) is 2.17. The molecule has 3 atom stereocenters. The zero-order valence-corrected chi connectivity index (χ0v) is 7.67. The zero-order chi connectivity index (χ0) is 7.72. The Kier molecular flexibility index (Phi) is 2.49. The molecule has 2 nitrogen and oxygen atoms in total. The molecule has 1 fully saturated rings. The number of ether oxygens (including phenoxy) is 1. The lowest BCUT2D eigenvalue weighted by molar-refractivity contribution is -0.144. The number of rotatable bonds is 1. The minimum Gasteiger partial charge on any atom is -0.459 e. The van der Waals surface area contributed by atoms with Crippen molar-refractivity contribution in [1.82, 2.24) is 0 Å². The maximum Gasteiger partial charge on any atom is 0.341 e. The summed E-state index contributed by atoms with van der Waals surface area (Å²) in [6.07, 6.45) is -1.62. The van der Waals surface area contributed by atoms with Crippen molar-refractivity contribution in [3.05, 3.63) is 0 Å². The van der Waals surface area contributed by atoms with Crippen molar-refractivity contribution in [2.75, 3.05) is 4.43 Å². The maximum absolute atomic E-state index is 12.7. The first-order valence-corrected chi connectivity index (χ1v) is 4.60. The van der Waals surface area contributed by atoms with Gasteiger partial charge < -0.3 is 4.74 Å². The van der Waals surface area contributed by atoms with Crippen LogP contribution >= 0.6 is 22.6 Å². The third-order valence-electron chi connectivity index (χ3n) is 1.69. The van der Waals surface area contributed by atoms with E-state index in [0.717, 1.165) is 0 Å². The lowest BCUT2D eigenvalue weighted by Crippen LogP contribution is -2.19. The summed E-state index contributed by atoms with van der Waals surface area (Å²) in [6.45, 7) is 1.69. The Labute approximate surface area is 72.3 Å². The Bertz CT molecular complexity index is 151. The fourth-order valence-corrected chi connectivity index (χ4v) is 1.88. The molecule has 0 aromatic heterocycles. The normalized spacial score (nSPS) is 39.9. The van der Waals surface area contributed by atoms with Gasteiger partial charge in [-0.3, -0.25) is 0 Å². The van der Waals surface area contributed by atoms with Gasteiger partial charge in [-0.2, -0.15) is 0 Å². The van der Waals surface area contributed by atoms with Crippen LogP contribution in [0.1, 0.15) is 6.92 Å². The highest BCUT2D eigenvalue weighted by Gasteiger charge is 2.41. The molecule has 0 unspecified atom stereocenters. The van der Waals surface area contributed by atoms with Crippen LogP contribution < -0.4 is 0 Å². The average molecular weight is 258 g/mol. The Hall–Kier alpha value is 0.130. The Morgan fingerprint density at radius 3 is 2.60 bits per heavy atom. The van der Waals surface area contributed by atoms with Crippen LogP contribution in [0.2, 0.25) is 0 Å². The van der Waals surface area contributed by atoms with Crippen LogP contribution in [0.4, 0.5) is 4.39 Å². The van der Waals surface area contributed by atoms with Crippen LogP contribution in [-0.2, 0) is 9.53 Å². The highest BCUT2D eigenvalue weighted by molar-refractivity contribution is 14.1. The Morgan fingerprint density at radius 1 is 1.80 bits per heavy atom. The molecule has 0 saturated carbocycles. The van der Waals surface area contributed by atoms with Crippen molar-refractivity contribution < 1.29 is 13.9 Å². The molecule has 0 radical (unpaired) electrons. The third-order valence-corrected chi connectivity index (χ3v) is 2.56. The first-order valence-electron chi connectivity index (χ1n) is 3.07. The molecule has 4 heteroatoms. The molecular formula is C6H8FIO2. The molecule has 1 saturated heterocycles. The van der Waals surface area contributed by atoms with E-state index in [1.165, 1.54) is 0 Å². The van der Waals surface area contributed by atoms with E-state index < -0.39 is 12.1 Å². The summed E-state index contributed by atoms with van der Waals surface area (Å²) in [6, 6.07) is 0. The second-order valence-electron chi connectivity index (χ2n) is 2.39. The number of halogens is 2. The van der Waals surface area contributed by atoms with Crippen LogP contribution in [-0.4, -0.2) is 22.7 Å². The fraction of sp³-hybridized carbons (Fsp3) is 0.833. The summed E-state index contributed by atoms with van der Waals surface area (Å²) in [5, 5.41) is 0. The van der Waals surface area contributed by atoms with E-state index in [4.69, 9.17) is 4.74 Å². The van der Waals surface area contributed by atoms with E-state index in [1.807, 2.05) is 0 Å². The van der Waals surface area contributed by atoms with Gasteiger partial charge in [-0.15, -0.1) is 0 Å². The molecule has 0 amide bonds. The van der Waals surface area contributed by atoms with Gasteiger partial charge in [0.2, 0.25) is 6.17 Å².